The third-order valence-electron chi connectivity index (χ3n) is 2.99. The molecule has 0 aromatic heterocycles. The Kier molecular flexibility index (Phi) is 6.17. The number of nitrogens with zero attached hydrogens (tertiary/aromatic N) is 1. The quantitative estimate of drug-likeness (QED) is 0.628. The third-order valence-corrected chi connectivity index (χ3v) is 2.99. The molecule has 90 valence electrons. The van der Waals surface area contributed by atoms with Gasteiger partial charge < -0.3 is 15.2 Å². The predicted molar refractivity (Wildman–Crippen MR) is 60.9 cm³/mol. The van der Waals surface area contributed by atoms with Gasteiger partial charge in [0.1, 0.15) is 0 Å². The molecule has 2 atom stereocenters. The lowest BCUT2D eigenvalue weighted by atomic mass is 10.1. The molecule has 4 heteroatoms. The van der Waals surface area contributed by atoms with Gasteiger partial charge in [0.25, 0.3) is 0 Å². The van der Waals surface area contributed by atoms with Crippen molar-refractivity contribution in [2.24, 2.45) is 5.73 Å². The van der Waals surface area contributed by atoms with E-state index < -0.39 is 0 Å². The first-order valence-corrected chi connectivity index (χ1v) is 5.89. The molecular weight excluding hydrogens is 192 g/mol. The minimum atomic E-state index is 0.321. The van der Waals surface area contributed by atoms with Gasteiger partial charge in [-0.15, -0.1) is 0 Å². The number of ether oxygens (including phenoxy) is 2. The highest BCUT2D eigenvalue weighted by Crippen LogP contribution is 2.18. The third kappa shape index (κ3) is 4.07. The zero-order valence-corrected chi connectivity index (χ0v) is 9.95. The van der Waals surface area contributed by atoms with Crippen LogP contribution in [-0.4, -0.2) is 57.0 Å². The summed E-state index contributed by atoms with van der Waals surface area (Å²) in [5.41, 5.74) is 5.80. The molecule has 1 heterocycles. The number of hydrogen-bond acceptors (Lipinski definition) is 4. The van der Waals surface area contributed by atoms with Crippen molar-refractivity contribution in [2.75, 3.05) is 40.0 Å². The van der Waals surface area contributed by atoms with Crippen LogP contribution in [0.15, 0.2) is 0 Å². The Labute approximate surface area is 92.7 Å². The van der Waals surface area contributed by atoms with Crippen LogP contribution in [0.4, 0.5) is 0 Å². The summed E-state index contributed by atoms with van der Waals surface area (Å²) in [5, 5.41) is 0. The van der Waals surface area contributed by atoms with Crippen molar-refractivity contribution in [3.8, 4) is 0 Å². The van der Waals surface area contributed by atoms with Gasteiger partial charge in [-0.3, -0.25) is 4.90 Å². The Morgan fingerprint density at radius 3 is 2.93 bits per heavy atom. The molecule has 1 aliphatic rings. The van der Waals surface area contributed by atoms with Gasteiger partial charge >= 0.3 is 0 Å². The van der Waals surface area contributed by atoms with Crippen molar-refractivity contribution in [3.05, 3.63) is 0 Å². The zero-order valence-electron chi connectivity index (χ0n) is 9.95. The minimum Gasteiger partial charge on any atom is -0.380 e. The molecule has 2 N–H and O–H groups in total. The standard InChI is InChI=1S/C11H24N2O2/c1-3-14-8-6-13(2)10(9-12)11-5-4-7-15-11/h10-11H,3-9,12H2,1-2H3. The van der Waals surface area contributed by atoms with Gasteiger partial charge in [0.2, 0.25) is 0 Å². The van der Waals surface area contributed by atoms with E-state index in [2.05, 4.69) is 11.9 Å². The summed E-state index contributed by atoms with van der Waals surface area (Å²) in [4.78, 5) is 2.26. The van der Waals surface area contributed by atoms with E-state index in [4.69, 9.17) is 15.2 Å². The molecule has 4 nitrogen and oxygen atoms in total. The lowest BCUT2D eigenvalue weighted by Gasteiger charge is -2.30. The van der Waals surface area contributed by atoms with Crippen LogP contribution >= 0.6 is 0 Å². The molecule has 0 spiro atoms. The number of likely N-dealkylation sites (N-methyl/N-ethyl adjacent to an activating group) is 1. The Morgan fingerprint density at radius 1 is 1.60 bits per heavy atom. The average Bonchev–Trinajstić information content (AvgIpc) is 2.73. The van der Waals surface area contributed by atoms with Crippen molar-refractivity contribution in [3.63, 3.8) is 0 Å². The first kappa shape index (κ1) is 12.9. The van der Waals surface area contributed by atoms with Crippen molar-refractivity contribution >= 4 is 0 Å². The van der Waals surface area contributed by atoms with Crippen LogP contribution in [0.2, 0.25) is 0 Å². The highest BCUT2D eigenvalue weighted by molar-refractivity contribution is 4.82. The lowest BCUT2D eigenvalue weighted by molar-refractivity contribution is 0.0248. The molecule has 0 aromatic rings. The minimum absolute atomic E-state index is 0.321. The van der Waals surface area contributed by atoms with E-state index in [-0.39, 0.29) is 0 Å². The van der Waals surface area contributed by atoms with Crippen LogP contribution in [0.25, 0.3) is 0 Å². The van der Waals surface area contributed by atoms with Crippen LogP contribution in [0, 0.1) is 0 Å². The molecule has 1 rings (SSSR count). The van der Waals surface area contributed by atoms with Gasteiger partial charge in [0.15, 0.2) is 0 Å². The van der Waals surface area contributed by atoms with Crippen molar-refractivity contribution in [1.29, 1.82) is 0 Å². The predicted octanol–water partition coefficient (Wildman–Crippen LogP) is 0.461. The van der Waals surface area contributed by atoms with Crippen molar-refractivity contribution < 1.29 is 9.47 Å². The molecule has 0 aliphatic carbocycles. The van der Waals surface area contributed by atoms with E-state index in [0.717, 1.165) is 32.8 Å². The second-order valence-electron chi connectivity index (χ2n) is 4.03. The summed E-state index contributed by atoms with van der Waals surface area (Å²) in [5.74, 6) is 0. The lowest BCUT2D eigenvalue weighted by Crippen LogP contribution is -2.47. The maximum atomic E-state index is 5.80. The van der Waals surface area contributed by atoms with Gasteiger partial charge in [-0.1, -0.05) is 0 Å². The monoisotopic (exact) mass is 216 g/mol. The van der Waals surface area contributed by atoms with E-state index in [0.29, 0.717) is 18.7 Å². The molecule has 1 aliphatic heterocycles. The fourth-order valence-corrected chi connectivity index (χ4v) is 2.04. The molecule has 1 fully saturated rings. The molecule has 0 amide bonds. The fraction of sp³-hybridized carbons (Fsp3) is 1.00. The number of nitrogens with two attached hydrogens (primary N) is 1. The number of rotatable bonds is 7. The summed E-state index contributed by atoms with van der Waals surface area (Å²) >= 11 is 0. The second-order valence-corrected chi connectivity index (χ2v) is 4.03. The largest absolute Gasteiger partial charge is 0.380 e. The van der Waals surface area contributed by atoms with Gasteiger partial charge in [0.05, 0.1) is 12.7 Å². The highest BCUT2D eigenvalue weighted by Gasteiger charge is 2.27. The van der Waals surface area contributed by atoms with Crippen LogP contribution in [-0.2, 0) is 9.47 Å². The first-order valence-electron chi connectivity index (χ1n) is 5.89. The molecular formula is C11H24N2O2. The first-order chi connectivity index (χ1) is 7.29. The molecule has 15 heavy (non-hydrogen) atoms. The molecule has 0 saturated carbocycles. The molecule has 1 saturated heterocycles. The van der Waals surface area contributed by atoms with E-state index in [1.54, 1.807) is 0 Å². The van der Waals surface area contributed by atoms with Crippen LogP contribution in [0.5, 0.6) is 0 Å². The van der Waals surface area contributed by atoms with Gasteiger partial charge in [-0.2, -0.15) is 0 Å². The molecule has 0 bridgehead atoms. The Morgan fingerprint density at radius 2 is 2.40 bits per heavy atom. The maximum Gasteiger partial charge on any atom is 0.0743 e. The Hall–Kier alpha value is -0.160. The molecule has 2 unspecified atom stereocenters. The normalized spacial score (nSPS) is 23.6. The maximum absolute atomic E-state index is 5.80. The van der Waals surface area contributed by atoms with Crippen LogP contribution in [0.3, 0.4) is 0 Å². The fourth-order valence-electron chi connectivity index (χ4n) is 2.04. The van der Waals surface area contributed by atoms with E-state index in [1.165, 1.54) is 6.42 Å². The van der Waals surface area contributed by atoms with Gasteiger partial charge in [-0.05, 0) is 26.8 Å². The smallest absolute Gasteiger partial charge is 0.0743 e. The van der Waals surface area contributed by atoms with Crippen LogP contribution in [0.1, 0.15) is 19.8 Å². The van der Waals surface area contributed by atoms with Crippen molar-refractivity contribution in [1.82, 2.24) is 4.90 Å². The summed E-state index contributed by atoms with van der Waals surface area (Å²) in [6.45, 7) is 6.04. The summed E-state index contributed by atoms with van der Waals surface area (Å²) in [6, 6.07) is 0.341. The van der Waals surface area contributed by atoms with Gasteiger partial charge in [-0.25, -0.2) is 0 Å². The van der Waals surface area contributed by atoms with E-state index in [9.17, 15) is 0 Å². The number of hydrogen-bond donors (Lipinski definition) is 1. The highest BCUT2D eigenvalue weighted by atomic mass is 16.5. The summed E-state index contributed by atoms with van der Waals surface area (Å²) in [6.07, 6.45) is 2.63. The summed E-state index contributed by atoms with van der Waals surface area (Å²) in [7, 11) is 2.10. The summed E-state index contributed by atoms with van der Waals surface area (Å²) < 4.78 is 11.0. The molecule has 0 aromatic carbocycles. The molecule has 0 radical (unpaired) electrons. The van der Waals surface area contributed by atoms with E-state index >= 15 is 0 Å². The SMILES string of the molecule is CCOCCN(C)C(CN)C1CCCO1. The topological polar surface area (TPSA) is 47.7 Å². The Bertz CT molecular complexity index is 161. The van der Waals surface area contributed by atoms with E-state index in [1.807, 2.05) is 6.92 Å². The second kappa shape index (κ2) is 7.17. The van der Waals surface area contributed by atoms with Gasteiger partial charge in [0, 0.05) is 32.3 Å². The van der Waals surface area contributed by atoms with Crippen LogP contribution < -0.4 is 5.73 Å². The Balaban J connectivity index is 2.28. The van der Waals surface area contributed by atoms with Crippen molar-refractivity contribution in [2.45, 2.75) is 31.9 Å². The zero-order chi connectivity index (χ0) is 11.1. The average molecular weight is 216 g/mol.